The summed E-state index contributed by atoms with van der Waals surface area (Å²) in [5.74, 6) is 0. The van der Waals surface area contributed by atoms with Crippen molar-refractivity contribution in [3.05, 3.63) is 82.9 Å². The number of halogens is 3. The Morgan fingerprint density at radius 1 is 0.857 bits per heavy atom. The van der Waals surface area contributed by atoms with Crippen molar-refractivity contribution in [2.24, 2.45) is 0 Å². The Kier molecular flexibility index (Phi) is 4.59. The summed E-state index contributed by atoms with van der Waals surface area (Å²) in [5.41, 5.74) is 12.6. The van der Waals surface area contributed by atoms with E-state index in [1.807, 2.05) is 68.4 Å². The molecular formula is C22H21F3N2P+. The molecule has 1 aliphatic rings. The van der Waals surface area contributed by atoms with Crippen LogP contribution in [0.2, 0.25) is 0 Å². The fourth-order valence-corrected chi connectivity index (χ4v) is 4.57. The average Bonchev–Trinajstić information content (AvgIpc) is 2.62. The van der Waals surface area contributed by atoms with Gasteiger partial charge < -0.3 is 10.6 Å². The fraction of sp³-hybridized carbons (Fsp3) is 0.182. The summed E-state index contributed by atoms with van der Waals surface area (Å²) in [7, 11) is -5.55. The minimum Gasteiger partial charge on any atom is -0.399 e. The molecule has 0 bridgehead atoms. The molecule has 3 aromatic rings. The first-order valence-corrected chi connectivity index (χ1v) is 10.7. The van der Waals surface area contributed by atoms with Crippen molar-refractivity contribution in [3.8, 4) is 11.1 Å². The monoisotopic (exact) mass is 401 g/mol. The number of nitrogens with zero attached hydrogens (tertiary/aromatic N) is 1. The lowest BCUT2D eigenvalue weighted by Crippen LogP contribution is -2.33. The SMILES string of the molecule is Cc1ccc(C2c3cc(N)ccc3-c3ccc(C)cc3N2C[P+](F)(F)F)cc1. The molecule has 6 heteroatoms. The van der Waals surface area contributed by atoms with E-state index in [2.05, 4.69) is 0 Å². The largest absolute Gasteiger partial charge is 0.588 e. The van der Waals surface area contributed by atoms with Gasteiger partial charge in [-0.15, -0.1) is 0 Å². The molecule has 4 rings (SSSR count). The Labute approximate surface area is 163 Å². The summed E-state index contributed by atoms with van der Waals surface area (Å²) in [4.78, 5) is 1.50. The molecule has 0 radical (unpaired) electrons. The van der Waals surface area contributed by atoms with E-state index >= 15 is 0 Å². The Bertz CT molecular complexity index is 1030. The molecule has 0 spiro atoms. The van der Waals surface area contributed by atoms with Gasteiger partial charge in [-0.05, 0) is 54.3 Å². The minimum atomic E-state index is -5.55. The van der Waals surface area contributed by atoms with E-state index in [-0.39, 0.29) is 0 Å². The summed E-state index contributed by atoms with van der Waals surface area (Å²) in [5, 5.41) is 0. The third-order valence-corrected chi connectivity index (χ3v) is 5.77. The van der Waals surface area contributed by atoms with Gasteiger partial charge in [0.2, 0.25) is 6.29 Å². The van der Waals surface area contributed by atoms with E-state index in [1.54, 1.807) is 6.07 Å². The third kappa shape index (κ3) is 3.47. The highest BCUT2D eigenvalue weighted by Crippen LogP contribution is 2.66. The number of benzene rings is 3. The highest BCUT2D eigenvalue weighted by molar-refractivity contribution is 7.60. The lowest BCUT2D eigenvalue weighted by molar-refractivity contribution is 0.569. The molecular weight excluding hydrogens is 380 g/mol. The molecule has 0 aliphatic carbocycles. The van der Waals surface area contributed by atoms with Crippen molar-refractivity contribution in [2.75, 3.05) is 16.9 Å². The van der Waals surface area contributed by atoms with Crippen LogP contribution in [-0.4, -0.2) is 6.29 Å². The van der Waals surface area contributed by atoms with Crippen molar-refractivity contribution in [1.29, 1.82) is 0 Å². The maximum absolute atomic E-state index is 13.7. The molecule has 1 aliphatic heterocycles. The highest BCUT2D eigenvalue weighted by Gasteiger charge is 2.49. The molecule has 1 atom stereocenters. The maximum atomic E-state index is 13.7. The van der Waals surface area contributed by atoms with Crippen LogP contribution in [0.25, 0.3) is 11.1 Å². The quantitative estimate of drug-likeness (QED) is 0.375. The molecule has 1 heterocycles. The summed E-state index contributed by atoms with van der Waals surface area (Å²) < 4.78 is 41.1. The van der Waals surface area contributed by atoms with Crippen LogP contribution in [0, 0.1) is 13.8 Å². The molecule has 3 aromatic carbocycles. The molecule has 2 nitrogen and oxygen atoms in total. The summed E-state index contributed by atoms with van der Waals surface area (Å²) >= 11 is 0. The van der Waals surface area contributed by atoms with Crippen molar-refractivity contribution >= 4 is 19.6 Å². The van der Waals surface area contributed by atoms with E-state index < -0.39 is 20.5 Å². The molecule has 0 aromatic heterocycles. The zero-order chi connectivity index (χ0) is 20.1. The van der Waals surface area contributed by atoms with Crippen LogP contribution in [0.1, 0.15) is 28.3 Å². The van der Waals surface area contributed by atoms with E-state index in [9.17, 15) is 12.6 Å². The smallest absolute Gasteiger partial charge is 0.399 e. The summed E-state index contributed by atoms with van der Waals surface area (Å²) in [6, 6.07) is 18.4. The Morgan fingerprint density at radius 2 is 1.50 bits per heavy atom. The van der Waals surface area contributed by atoms with Gasteiger partial charge in [-0.2, -0.15) is 0 Å². The first kappa shape index (κ1) is 18.8. The van der Waals surface area contributed by atoms with E-state index in [1.165, 1.54) is 4.90 Å². The molecule has 0 amide bonds. The number of fused-ring (bicyclic) bond motifs is 3. The number of rotatable bonds is 3. The lowest BCUT2D eigenvalue weighted by Gasteiger charge is -2.39. The van der Waals surface area contributed by atoms with Crippen LogP contribution in [0.15, 0.2) is 60.7 Å². The minimum absolute atomic E-state index is 0.532. The number of hydrogen-bond acceptors (Lipinski definition) is 2. The predicted molar refractivity (Wildman–Crippen MR) is 112 cm³/mol. The lowest BCUT2D eigenvalue weighted by atomic mass is 9.84. The number of aryl methyl sites for hydroxylation is 2. The second-order valence-corrected chi connectivity index (χ2v) is 8.73. The molecule has 144 valence electrons. The first-order valence-electron chi connectivity index (χ1n) is 9.03. The van der Waals surface area contributed by atoms with Crippen LogP contribution in [0.5, 0.6) is 0 Å². The van der Waals surface area contributed by atoms with E-state index in [4.69, 9.17) is 5.73 Å². The van der Waals surface area contributed by atoms with Crippen molar-refractivity contribution in [1.82, 2.24) is 0 Å². The average molecular weight is 401 g/mol. The second-order valence-electron chi connectivity index (χ2n) is 7.34. The van der Waals surface area contributed by atoms with E-state index in [0.717, 1.165) is 33.4 Å². The first-order chi connectivity index (χ1) is 13.2. The predicted octanol–water partition coefficient (Wildman–Crippen LogP) is 7.09. The maximum Gasteiger partial charge on any atom is 0.588 e. The molecule has 28 heavy (non-hydrogen) atoms. The van der Waals surface area contributed by atoms with Crippen LogP contribution in [-0.2, 0) is 0 Å². The number of nitrogens with two attached hydrogens (primary N) is 1. The van der Waals surface area contributed by atoms with Gasteiger partial charge in [-0.3, -0.25) is 0 Å². The van der Waals surface area contributed by atoms with Crippen LogP contribution >= 0.6 is 8.19 Å². The third-order valence-electron chi connectivity index (χ3n) is 5.14. The molecule has 2 N–H and O–H groups in total. The summed E-state index contributed by atoms with van der Waals surface area (Å²) in [6.45, 7) is 3.87. The molecule has 0 saturated heterocycles. The standard InChI is InChI=1S/C22H21F3N2P/c1-14-3-6-16(7-4-14)22-20-12-17(26)8-10-18(20)19-9-5-15(2)11-21(19)27(22)13-28(23,24)25/h3-12,22H,13,26H2,1-2H3/q+1. The van der Waals surface area contributed by atoms with Crippen LogP contribution in [0.3, 0.4) is 0 Å². The fourth-order valence-electron chi connectivity index (χ4n) is 3.91. The number of anilines is 2. The molecule has 1 unspecified atom stereocenters. The highest BCUT2D eigenvalue weighted by atomic mass is 31.3. The Balaban J connectivity index is 2.00. The topological polar surface area (TPSA) is 29.3 Å². The number of hydrogen-bond donors (Lipinski definition) is 1. The van der Waals surface area contributed by atoms with Gasteiger partial charge in [0.1, 0.15) is 0 Å². The second kappa shape index (κ2) is 6.82. The zero-order valence-corrected chi connectivity index (χ0v) is 16.6. The van der Waals surface area contributed by atoms with Crippen LogP contribution < -0.4 is 10.6 Å². The van der Waals surface area contributed by atoms with Gasteiger partial charge in [-0.25, -0.2) is 0 Å². The van der Waals surface area contributed by atoms with Gasteiger partial charge >= 0.3 is 8.19 Å². The van der Waals surface area contributed by atoms with E-state index in [0.29, 0.717) is 11.4 Å². The molecule has 0 saturated carbocycles. The molecule has 0 fully saturated rings. The van der Waals surface area contributed by atoms with Crippen molar-refractivity contribution in [3.63, 3.8) is 0 Å². The van der Waals surface area contributed by atoms with Crippen molar-refractivity contribution < 1.29 is 12.6 Å². The Hall–Kier alpha value is -2.52. The van der Waals surface area contributed by atoms with Gasteiger partial charge in [-0.1, -0.05) is 48.0 Å². The zero-order valence-electron chi connectivity index (χ0n) is 15.7. The Morgan fingerprint density at radius 3 is 2.18 bits per heavy atom. The van der Waals surface area contributed by atoms with Crippen molar-refractivity contribution in [2.45, 2.75) is 19.9 Å². The van der Waals surface area contributed by atoms with Gasteiger partial charge in [0.15, 0.2) is 0 Å². The van der Waals surface area contributed by atoms with Gasteiger partial charge in [0.05, 0.1) is 6.04 Å². The van der Waals surface area contributed by atoms with Crippen LogP contribution in [0.4, 0.5) is 24.0 Å². The van der Waals surface area contributed by atoms with Gasteiger partial charge in [0, 0.05) is 29.5 Å². The van der Waals surface area contributed by atoms with Gasteiger partial charge in [0.25, 0.3) is 0 Å². The normalized spacial score (nSPS) is 15.9. The summed E-state index contributed by atoms with van der Waals surface area (Å²) in [6.07, 6.45) is -0.920. The number of nitrogen functional groups attached to an aromatic ring is 1.